The fourth-order valence-corrected chi connectivity index (χ4v) is 5.94. The van der Waals surface area contributed by atoms with E-state index in [2.05, 4.69) is 24.8 Å². The first-order valence-electron chi connectivity index (χ1n) is 12.9. The number of aromatic amines is 1. The number of amides is 1. The Labute approximate surface area is 271 Å². The second-order valence-corrected chi connectivity index (χ2v) is 14.0. The SMILES string of the molecule is COc1ccc(S(=O)(=O)CCOS(=O)(=O)O)cc1NC(=O)c1ccc(N=Nc2c(C(=O)O)[nH]n(-c3ccc(S(=O)(=O)O)cc3)c2=O)cc1. The number of methoxy groups -OCH3 is 1. The summed E-state index contributed by atoms with van der Waals surface area (Å²) in [4.78, 5) is 36.9. The average molecular weight is 726 g/mol. The largest absolute Gasteiger partial charge is 0.495 e. The number of nitrogens with zero attached hydrogens (tertiary/aromatic N) is 3. The summed E-state index contributed by atoms with van der Waals surface area (Å²) in [5.74, 6) is -3.00. The molecule has 48 heavy (non-hydrogen) atoms. The molecule has 3 aromatic carbocycles. The third-order valence-electron chi connectivity index (χ3n) is 6.23. The van der Waals surface area contributed by atoms with E-state index >= 15 is 0 Å². The van der Waals surface area contributed by atoms with Gasteiger partial charge in [-0.1, -0.05) is 0 Å². The van der Waals surface area contributed by atoms with E-state index in [0.29, 0.717) is 0 Å². The summed E-state index contributed by atoms with van der Waals surface area (Å²) in [6, 6.07) is 13.0. The lowest BCUT2D eigenvalue weighted by atomic mass is 10.2. The average Bonchev–Trinajstić information content (AvgIpc) is 3.35. The van der Waals surface area contributed by atoms with Gasteiger partial charge in [-0.15, -0.1) is 5.11 Å². The number of carbonyl (C=O) groups excluding carboxylic acids is 1. The molecule has 0 spiro atoms. The van der Waals surface area contributed by atoms with Crippen molar-refractivity contribution in [1.29, 1.82) is 0 Å². The molecule has 0 radical (unpaired) electrons. The van der Waals surface area contributed by atoms with Crippen LogP contribution in [0.15, 0.2) is 91.5 Å². The molecule has 19 nitrogen and oxygen atoms in total. The Hall–Kier alpha value is -5.26. The minimum absolute atomic E-state index is 0.0256. The van der Waals surface area contributed by atoms with Crippen molar-refractivity contribution in [3.05, 3.63) is 88.3 Å². The van der Waals surface area contributed by atoms with Gasteiger partial charge in [0.25, 0.3) is 21.6 Å². The molecule has 1 heterocycles. The normalized spacial score (nSPS) is 12.2. The zero-order valence-corrected chi connectivity index (χ0v) is 26.6. The van der Waals surface area contributed by atoms with Gasteiger partial charge in [-0.25, -0.2) is 22.1 Å². The summed E-state index contributed by atoms with van der Waals surface area (Å²) in [6.07, 6.45) is 0. The van der Waals surface area contributed by atoms with Crippen LogP contribution in [-0.2, 0) is 34.5 Å². The number of carbonyl (C=O) groups is 2. The Morgan fingerprint density at radius 2 is 1.52 bits per heavy atom. The maximum Gasteiger partial charge on any atom is 0.397 e. The first-order valence-corrected chi connectivity index (χ1v) is 17.4. The molecule has 0 saturated carbocycles. The van der Waals surface area contributed by atoms with Gasteiger partial charge in [0.2, 0.25) is 0 Å². The Balaban J connectivity index is 1.53. The van der Waals surface area contributed by atoms with Gasteiger partial charge in [0, 0.05) is 5.56 Å². The molecule has 4 aromatic rings. The summed E-state index contributed by atoms with van der Waals surface area (Å²) in [5, 5.41) is 22.0. The molecule has 0 aliphatic carbocycles. The van der Waals surface area contributed by atoms with Crippen molar-refractivity contribution in [1.82, 2.24) is 9.78 Å². The number of hydrogen-bond donors (Lipinski definition) is 5. The quantitative estimate of drug-likeness (QED) is 0.0977. The van der Waals surface area contributed by atoms with E-state index in [1.807, 2.05) is 0 Å². The number of aromatic nitrogens is 2. The molecule has 0 fully saturated rings. The molecule has 1 aromatic heterocycles. The molecule has 22 heteroatoms. The van der Waals surface area contributed by atoms with E-state index in [9.17, 15) is 44.7 Å². The van der Waals surface area contributed by atoms with Crippen molar-refractivity contribution >= 4 is 59.3 Å². The number of carboxylic acids is 1. The van der Waals surface area contributed by atoms with Crippen molar-refractivity contribution in [3.8, 4) is 11.4 Å². The number of azo groups is 1. The number of ether oxygens (including phenoxy) is 1. The van der Waals surface area contributed by atoms with Crippen LogP contribution in [0, 0.1) is 0 Å². The van der Waals surface area contributed by atoms with Crippen LogP contribution < -0.4 is 15.6 Å². The number of carboxylic acid groups (broad SMARTS) is 1. The molecule has 4 rings (SSSR count). The molecule has 0 saturated heterocycles. The monoisotopic (exact) mass is 725 g/mol. The number of hydrogen-bond acceptors (Lipinski definition) is 13. The lowest BCUT2D eigenvalue weighted by Gasteiger charge is -2.13. The molecule has 0 aliphatic rings. The number of rotatable bonds is 13. The van der Waals surface area contributed by atoms with E-state index in [4.69, 9.17) is 13.8 Å². The van der Waals surface area contributed by atoms with Crippen molar-refractivity contribution in [2.24, 2.45) is 10.2 Å². The van der Waals surface area contributed by atoms with E-state index in [1.165, 1.54) is 37.4 Å². The zero-order valence-electron chi connectivity index (χ0n) is 24.2. The Morgan fingerprint density at radius 3 is 2.08 bits per heavy atom. The molecule has 0 unspecified atom stereocenters. The van der Waals surface area contributed by atoms with Gasteiger partial charge in [-0.05, 0) is 66.7 Å². The number of H-pyrrole nitrogens is 1. The van der Waals surface area contributed by atoms with E-state index in [-0.39, 0.29) is 33.3 Å². The topological polar surface area (TPSA) is 290 Å². The van der Waals surface area contributed by atoms with Gasteiger partial charge in [0.15, 0.2) is 21.2 Å². The fourth-order valence-electron chi connectivity index (χ4n) is 3.95. The summed E-state index contributed by atoms with van der Waals surface area (Å²) in [6.45, 7) is -0.857. The molecule has 0 atom stereocenters. The van der Waals surface area contributed by atoms with Crippen molar-refractivity contribution < 1.29 is 58.0 Å². The van der Waals surface area contributed by atoms with Crippen LogP contribution >= 0.6 is 0 Å². The Kier molecular flexibility index (Phi) is 10.3. The van der Waals surface area contributed by atoms with Crippen LogP contribution in [0.25, 0.3) is 5.69 Å². The molecule has 0 bridgehead atoms. The van der Waals surface area contributed by atoms with Crippen LogP contribution in [0.1, 0.15) is 20.8 Å². The fraction of sp³-hybridized carbons (Fsp3) is 0.115. The predicted molar refractivity (Wildman–Crippen MR) is 164 cm³/mol. The number of anilines is 1. The summed E-state index contributed by atoms with van der Waals surface area (Å²) < 4.78 is 97.0. The zero-order chi connectivity index (χ0) is 35.4. The van der Waals surface area contributed by atoms with Crippen molar-refractivity contribution in [2.45, 2.75) is 9.79 Å². The minimum Gasteiger partial charge on any atom is -0.495 e. The van der Waals surface area contributed by atoms with Crippen LogP contribution in [0.4, 0.5) is 17.1 Å². The van der Waals surface area contributed by atoms with Crippen LogP contribution in [0.3, 0.4) is 0 Å². The number of sulfone groups is 1. The van der Waals surface area contributed by atoms with Gasteiger partial charge in [-0.2, -0.15) is 21.9 Å². The second kappa shape index (κ2) is 13.8. The van der Waals surface area contributed by atoms with E-state index < -0.39 is 76.4 Å². The Morgan fingerprint density at radius 1 is 0.896 bits per heavy atom. The molecule has 5 N–H and O–H groups in total. The summed E-state index contributed by atoms with van der Waals surface area (Å²) in [7, 11) is -12.2. The standard InChI is InChI=1S/C26H23N5O14S3/c1-44-21-11-10-19(46(36,37)13-12-45-48(41,42)43)14-20(21)27-24(32)15-2-4-16(5-3-15)28-29-22-23(26(34)35)30-31(25(22)33)17-6-8-18(9-7-17)47(38,39)40/h2-11,14,30H,12-13H2,1H3,(H,27,32)(H,34,35)(H,38,39,40)(H,41,42,43). The maximum absolute atomic E-state index is 13.0. The van der Waals surface area contributed by atoms with Crippen LogP contribution in [-0.4, -0.2) is 80.6 Å². The smallest absolute Gasteiger partial charge is 0.397 e. The second-order valence-electron chi connectivity index (χ2n) is 9.38. The van der Waals surface area contributed by atoms with Crippen LogP contribution in [0.5, 0.6) is 5.75 Å². The summed E-state index contributed by atoms with van der Waals surface area (Å²) in [5.41, 5.74) is -2.08. The number of aromatic carboxylic acids is 1. The minimum atomic E-state index is -4.85. The highest BCUT2D eigenvalue weighted by atomic mass is 32.3. The third kappa shape index (κ3) is 8.55. The number of nitrogens with one attached hydrogen (secondary N) is 2. The lowest BCUT2D eigenvalue weighted by molar-refractivity contribution is 0.0690. The maximum atomic E-state index is 13.0. The van der Waals surface area contributed by atoms with Crippen molar-refractivity contribution in [3.63, 3.8) is 0 Å². The predicted octanol–water partition coefficient (Wildman–Crippen LogP) is 2.38. The van der Waals surface area contributed by atoms with Gasteiger partial charge >= 0.3 is 16.4 Å². The van der Waals surface area contributed by atoms with Gasteiger partial charge in [0.05, 0.1) is 46.3 Å². The first-order chi connectivity index (χ1) is 22.4. The van der Waals surface area contributed by atoms with Gasteiger partial charge < -0.3 is 15.2 Å². The molecule has 254 valence electrons. The van der Waals surface area contributed by atoms with E-state index in [0.717, 1.165) is 41.1 Å². The number of benzene rings is 3. The molecule has 1 amide bonds. The van der Waals surface area contributed by atoms with Gasteiger partial charge in [0.1, 0.15) is 5.75 Å². The highest BCUT2D eigenvalue weighted by molar-refractivity contribution is 7.91. The third-order valence-corrected chi connectivity index (χ3v) is 9.24. The molecular formula is C26H23N5O14S3. The highest BCUT2D eigenvalue weighted by Crippen LogP contribution is 2.29. The molecular weight excluding hydrogens is 703 g/mol. The molecule has 0 aliphatic heterocycles. The van der Waals surface area contributed by atoms with Crippen molar-refractivity contribution in [2.75, 3.05) is 24.8 Å². The highest BCUT2D eigenvalue weighted by Gasteiger charge is 2.22. The van der Waals surface area contributed by atoms with E-state index in [1.54, 1.807) is 0 Å². The Bertz CT molecular complexity index is 2300. The summed E-state index contributed by atoms with van der Waals surface area (Å²) >= 11 is 0. The van der Waals surface area contributed by atoms with Gasteiger partial charge in [-0.3, -0.25) is 23.8 Å². The lowest BCUT2D eigenvalue weighted by Crippen LogP contribution is -2.16. The van der Waals surface area contributed by atoms with Crippen LogP contribution in [0.2, 0.25) is 0 Å². The first kappa shape index (κ1) is 35.6.